The van der Waals surface area contributed by atoms with Gasteiger partial charge in [0.2, 0.25) is 23.8 Å². The lowest BCUT2D eigenvalue weighted by Crippen LogP contribution is -2.35. The highest BCUT2D eigenvalue weighted by Gasteiger charge is 2.09. The van der Waals surface area contributed by atoms with E-state index in [1.54, 1.807) is 4.90 Å². The van der Waals surface area contributed by atoms with Gasteiger partial charge in [0, 0.05) is 26.7 Å². The molecule has 1 amide bonds. The Morgan fingerprint density at radius 1 is 1.15 bits per heavy atom. The summed E-state index contributed by atoms with van der Waals surface area (Å²) in [5.74, 6) is 1.29. The van der Waals surface area contributed by atoms with Crippen LogP contribution in [0.3, 0.4) is 0 Å². The monoisotopic (exact) mass is 281 g/mol. The SMILES string of the molecule is CCNc1nc(NCC(=O)NC(C)C)nc(N(C)C)n1. The Labute approximate surface area is 119 Å². The fraction of sp³-hybridized carbons (Fsp3) is 0.667. The maximum atomic E-state index is 11.6. The van der Waals surface area contributed by atoms with Crippen molar-refractivity contribution in [2.75, 3.05) is 42.7 Å². The predicted molar refractivity (Wildman–Crippen MR) is 80.1 cm³/mol. The molecule has 20 heavy (non-hydrogen) atoms. The number of anilines is 3. The Kier molecular flexibility index (Phi) is 5.95. The zero-order valence-electron chi connectivity index (χ0n) is 12.7. The van der Waals surface area contributed by atoms with Crippen molar-refractivity contribution in [2.24, 2.45) is 0 Å². The molecule has 0 aliphatic heterocycles. The molecule has 8 nitrogen and oxygen atoms in total. The second-order valence-corrected chi connectivity index (χ2v) is 4.78. The molecule has 0 radical (unpaired) electrons. The Morgan fingerprint density at radius 3 is 2.25 bits per heavy atom. The normalized spacial score (nSPS) is 10.3. The van der Waals surface area contributed by atoms with E-state index in [0.717, 1.165) is 0 Å². The zero-order chi connectivity index (χ0) is 15.1. The zero-order valence-corrected chi connectivity index (χ0v) is 12.7. The van der Waals surface area contributed by atoms with Gasteiger partial charge in [-0.05, 0) is 20.8 Å². The Bertz CT molecular complexity index is 447. The number of aromatic nitrogens is 3. The molecular weight excluding hydrogens is 258 g/mol. The van der Waals surface area contributed by atoms with Crippen LogP contribution < -0.4 is 20.9 Å². The quantitative estimate of drug-likeness (QED) is 0.662. The van der Waals surface area contributed by atoms with Crippen molar-refractivity contribution >= 4 is 23.8 Å². The minimum absolute atomic E-state index is 0.100. The summed E-state index contributed by atoms with van der Waals surface area (Å²) in [5.41, 5.74) is 0. The smallest absolute Gasteiger partial charge is 0.239 e. The number of amides is 1. The van der Waals surface area contributed by atoms with E-state index < -0.39 is 0 Å². The van der Waals surface area contributed by atoms with Crippen molar-refractivity contribution < 1.29 is 4.79 Å². The van der Waals surface area contributed by atoms with Crippen LogP contribution in [0.1, 0.15) is 20.8 Å². The lowest BCUT2D eigenvalue weighted by molar-refractivity contribution is -0.119. The van der Waals surface area contributed by atoms with Gasteiger partial charge in [0.25, 0.3) is 0 Å². The third-order valence-electron chi connectivity index (χ3n) is 2.22. The summed E-state index contributed by atoms with van der Waals surface area (Å²) in [4.78, 5) is 26.1. The lowest BCUT2D eigenvalue weighted by Gasteiger charge is -2.14. The maximum absolute atomic E-state index is 11.6. The molecule has 0 bridgehead atoms. The van der Waals surface area contributed by atoms with Gasteiger partial charge in [0.15, 0.2) is 0 Å². The fourth-order valence-corrected chi connectivity index (χ4v) is 1.41. The van der Waals surface area contributed by atoms with Gasteiger partial charge in [0.1, 0.15) is 0 Å². The van der Waals surface area contributed by atoms with Crippen LogP contribution in [0.2, 0.25) is 0 Å². The van der Waals surface area contributed by atoms with Crippen LogP contribution in [-0.2, 0) is 4.79 Å². The van der Waals surface area contributed by atoms with E-state index in [0.29, 0.717) is 24.4 Å². The van der Waals surface area contributed by atoms with Crippen LogP contribution in [0.25, 0.3) is 0 Å². The van der Waals surface area contributed by atoms with E-state index in [4.69, 9.17) is 0 Å². The lowest BCUT2D eigenvalue weighted by atomic mass is 10.4. The average molecular weight is 281 g/mol. The first-order valence-electron chi connectivity index (χ1n) is 6.62. The van der Waals surface area contributed by atoms with Gasteiger partial charge in [-0.1, -0.05) is 0 Å². The molecule has 1 aromatic rings. The summed E-state index contributed by atoms with van der Waals surface area (Å²) in [6.45, 7) is 6.62. The molecule has 0 saturated heterocycles. The van der Waals surface area contributed by atoms with Gasteiger partial charge in [-0.25, -0.2) is 0 Å². The van der Waals surface area contributed by atoms with Gasteiger partial charge in [0.05, 0.1) is 6.54 Å². The molecule has 0 spiro atoms. The number of nitrogens with one attached hydrogen (secondary N) is 3. The molecule has 1 heterocycles. The van der Waals surface area contributed by atoms with Crippen LogP contribution in [0, 0.1) is 0 Å². The number of carbonyl (C=O) groups is 1. The summed E-state index contributed by atoms with van der Waals surface area (Å²) in [6.07, 6.45) is 0. The van der Waals surface area contributed by atoms with Gasteiger partial charge in [-0.2, -0.15) is 15.0 Å². The van der Waals surface area contributed by atoms with Gasteiger partial charge < -0.3 is 20.9 Å². The number of hydrogen-bond acceptors (Lipinski definition) is 7. The number of nitrogens with zero attached hydrogens (tertiary/aromatic N) is 4. The van der Waals surface area contributed by atoms with Crippen molar-refractivity contribution in [1.82, 2.24) is 20.3 Å². The first-order chi connectivity index (χ1) is 9.42. The van der Waals surface area contributed by atoms with E-state index >= 15 is 0 Å². The van der Waals surface area contributed by atoms with Crippen molar-refractivity contribution in [2.45, 2.75) is 26.8 Å². The third kappa shape index (κ3) is 5.25. The highest BCUT2D eigenvalue weighted by molar-refractivity contribution is 5.80. The first-order valence-corrected chi connectivity index (χ1v) is 6.62. The van der Waals surface area contributed by atoms with Crippen LogP contribution in [-0.4, -0.2) is 54.1 Å². The minimum atomic E-state index is -0.100. The van der Waals surface area contributed by atoms with Crippen molar-refractivity contribution in [1.29, 1.82) is 0 Å². The van der Waals surface area contributed by atoms with Gasteiger partial charge in [-0.3, -0.25) is 4.79 Å². The van der Waals surface area contributed by atoms with E-state index in [9.17, 15) is 4.79 Å². The standard InChI is InChI=1S/C12H23N7O/c1-6-13-10-16-11(18-12(17-10)19(4)5)14-7-9(20)15-8(2)3/h8H,6-7H2,1-5H3,(H,15,20)(H2,13,14,16,17,18). The predicted octanol–water partition coefficient (Wildman–Crippen LogP) is 0.306. The average Bonchev–Trinajstić information content (AvgIpc) is 2.35. The molecule has 0 aliphatic rings. The molecule has 1 aromatic heterocycles. The second kappa shape index (κ2) is 7.46. The van der Waals surface area contributed by atoms with Crippen LogP contribution in [0.4, 0.5) is 17.8 Å². The van der Waals surface area contributed by atoms with Crippen LogP contribution in [0.5, 0.6) is 0 Å². The van der Waals surface area contributed by atoms with E-state index in [2.05, 4.69) is 30.9 Å². The number of hydrogen-bond donors (Lipinski definition) is 3. The molecule has 3 N–H and O–H groups in total. The molecular formula is C12H23N7O. The largest absolute Gasteiger partial charge is 0.354 e. The topological polar surface area (TPSA) is 95.1 Å². The molecule has 0 atom stereocenters. The number of carbonyl (C=O) groups excluding carboxylic acids is 1. The van der Waals surface area contributed by atoms with Crippen LogP contribution >= 0.6 is 0 Å². The van der Waals surface area contributed by atoms with Crippen LogP contribution in [0.15, 0.2) is 0 Å². The van der Waals surface area contributed by atoms with Crippen molar-refractivity contribution in [3.05, 3.63) is 0 Å². The van der Waals surface area contributed by atoms with E-state index in [-0.39, 0.29) is 18.5 Å². The highest BCUT2D eigenvalue weighted by Crippen LogP contribution is 2.10. The third-order valence-corrected chi connectivity index (χ3v) is 2.22. The summed E-state index contributed by atoms with van der Waals surface area (Å²) < 4.78 is 0. The van der Waals surface area contributed by atoms with Crippen molar-refractivity contribution in [3.8, 4) is 0 Å². The fourth-order valence-electron chi connectivity index (χ4n) is 1.41. The Hall–Kier alpha value is -2.12. The van der Waals surface area contributed by atoms with E-state index in [1.807, 2.05) is 34.9 Å². The first kappa shape index (κ1) is 15.9. The summed E-state index contributed by atoms with van der Waals surface area (Å²) >= 11 is 0. The highest BCUT2D eigenvalue weighted by atomic mass is 16.1. The van der Waals surface area contributed by atoms with E-state index in [1.165, 1.54) is 0 Å². The molecule has 8 heteroatoms. The molecule has 0 unspecified atom stereocenters. The van der Waals surface area contributed by atoms with Gasteiger partial charge >= 0.3 is 0 Å². The summed E-state index contributed by atoms with van der Waals surface area (Å²) in [6, 6.07) is 0.109. The Balaban J connectivity index is 2.75. The molecule has 1 rings (SSSR count). The minimum Gasteiger partial charge on any atom is -0.354 e. The molecule has 0 fully saturated rings. The maximum Gasteiger partial charge on any atom is 0.239 e. The molecule has 0 saturated carbocycles. The molecule has 0 aromatic carbocycles. The molecule has 112 valence electrons. The second-order valence-electron chi connectivity index (χ2n) is 4.78. The Morgan fingerprint density at radius 2 is 1.75 bits per heavy atom. The molecule has 0 aliphatic carbocycles. The summed E-state index contributed by atoms with van der Waals surface area (Å²) in [7, 11) is 3.70. The number of rotatable bonds is 7. The van der Waals surface area contributed by atoms with Crippen molar-refractivity contribution in [3.63, 3.8) is 0 Å². The van der Waals surface area contributed by atoms with Gasteiger partial charge in [-0.15, -0.1) is 0 Å². The summed E-state index contributed by atoms with van der Waals surface area (Å²) in [5, 5.41) is 8.73.